The lowest BCUT2D eigenvalue weighted by Crippen LogP contribution is -3.00. The Balaban J connectivity index is 0.00000289. The van der Waals surface area contributed by atoms with Gasteiger partial charge < -0.3 is 36.0 Å². The van der Waals surface area contributed by atoms with Crippen molar-refractivity contribution in [3.8, 4) is 5.75 Å². The summed E-state index contributed by atoms with van der Waals surface area (Å²) < 4.78 is 12.6. The number of likely N-dealkylation sites (tertiary alicyclic amines) is 1. The number of esters is 1. The highest BCUT2D eigenvalue weighted by molar-refractivity contribution is 7.12. The lowest BCUT2D eigenvalue weighted by molar-refractivity contribution is -0.917. The number of rotatable bonds is 8. The Morgan fingerprint density at radius 1 is 1.09 bits per heavy atom. The molecule has 1 N–H and O–H groups in total. The third-order valence-corrected chi connectivity index (χ3v) is 7.79. The molecule has 1 aliphatic heterocycles. The maximum atomic E-state index is 13.2. The highest BCUT2D eigenvalue weighted by Gasteiger charge is 2.46. The van der Waals surface area contributed by atoms with Crippen molar-refractivity contribution < 1.29 is 40.8 Å². The van der Waals surface area contributed by atoms with Crippen molar-refractivity contribution in [2.75, 3.05) is 33.3 Å². The summed E-state index contributed by atoms with van der Waals surface area (Å²) in [6.07, 6.45) is 1.55. The summed E-state index contributed by atoms with van der Waals surface area (Å²) in [5.74, 6) is 0.280. The number of hydrogen-bond acceptors (Lipinski definition) is 6. The summed E-state index contributed by atoms with van der Waals surface area (Å²) in [5, 5.41) is 15.2. The van der Waals surface area contributed by atoms with Crippen molar-refractivity contribution in [3.63, 3.8) is 0 Å². The van der Waals surface area contributed by atoms with Crippen LogP contribution in [0.25, 0.3) is 0 Å². The monoisotopic (exact) mass is 537 g/mol. The summed E-state index contributed by atoms with van der Waals surface area (Å²) in [4.78, 5) is 14.4. The number of thiophene rings is 2. The topological polar surface area (TPSA) is 55.8 Å². The minimum absolute atomic E-state index is 0. The Hall–Kier alpha value is -1.71. The minimum Gasteiger partial charge on any atom is -1.00 e. The van der Waals surface area contributed by atoms with Gasteiger partial charge in [0.1, 0.15) is 25.4 Å². The normalized spacial score (nSPS) is 20.9. The van der Waals surface area contributed by atoms with E-state index in [0.29, 0.717) is 16.4 Å². The SMILES string of the molecule is C[N@+]1(CCOc2ccccc2)CCC[C@@H](OC(=O)C(O)(c2cccs2)c2cccs2)C1.[Br-]. The molecule has 8 heteroatoms. The molecule has 0 aliphatic carbocycles. The number of nitrogens with zero attached hydrogens (tertiary/aromatic N) is 1. The van der Waals surface area contributed by atoms with Crippen LogP contribution in [0, 0.1) is 0 Å². The first-order valence-corrected chi connectivity index (χ1v) is 12.3. The second-order valence-corrected chi connectivity index (χ2v) is 10.1. The van der Waals surface area contributed by atoms with Crippen molar-refractivity contribution in [2.45, 2.75) is 24.5 Å². The Morgan fingerprint density at radius 3 is 2.34 bits per heavy atom. The van der Waals surface area contributed by atoms with Crippen LogP contribution in [0.1, 0.15) is 22.6 Å². The molecule has 3 aromatic rings. The zero-order chi connectivity index (χ0) is 21.7. The number of quaternary nitrogens is 1. The molecule has 5 nitrogen and oxygen atoms in total. The van der Waals surface area contributed by atoms with E-state index >= 15 is 0 Å². The van der Waals surface area contributed by atoms with Gasteiger partial charge in [-0.15, -0.1) is 22.7 Å². The first-order valence-electron chi connectivity index (χ1n) is 10.5. The molecule has 1 aliphatic rings. The lowest BCUT2D eigenvalue weighted by atomic mass is 9.99. The lowest BCUT2D eigenvalue weighted by Gasteiger charge is -2.41. The zero-order valence-corrected chi connectivity index (χ0v) is 21.2. The van der Waals surface area contributed by atoms with Crippen molar-refractivity contribution in [2.24, 2.45) is 0 Å². The third-order valence-electron chi connectivity index (χ3n) is 5.84. The van der Waals surface area contributed by atoms with Gasteiger partial charge in [0.15, 0.2) is 6.10 Å². The Kier molecular flexibility index (Phi) is 8.52. The number of piperidine rings is 1. The Labute approximate surface area is 207 Å². The minimum atomic E-state index is -1.75. The van der Waals surface area contributed by atoms with E-state index in [-0.39, 0.29) is 23.1 Å². The van der Waals surface area contributed by atoms with E-state index < -0.39 is 11.6 Å². The molecule has 1 aromatic carbocycles. The molecule has 172 valence electrons. The fourth-order valence-corrected chi connectivity index (χ4v) is 5.82. The van der Waals surface area contributed by atoms with Crippen LogP contribution in [-0.2, 0) is 15.1 Å². The molecule has 0 radical (unpaired) electrons. The van der Waals surface area contributed by atoms with Crippen LogP contribution < -0.4 is 21.7 Å². The van der Waals surface area contributed by atoms with E-state index in [0.717, 1.165) is 42.7 Å². The quantitative estimate of drug-likeness (QED) is 0.347. The van der Waals surface area contributed by atoms with Gasteiger partial charge in [-0.2, -0.15) is 0 Å². The zero-order valence-electron chi connectivity index (χ0n) is 18.0. The summed E-state index contributed by atoms with van der Waals surface area (Å²) in [5.41, 5.74) is -1.75. The molecule has 2 atom stereocenters. The van der Waals surface area contributed by atoms with Gasteiger partial charge in [0.25, 0.3) is 0 Å². The van der Waals surface area contributed by atoms with Crippen LogP contribution in [0.15, 0.2) is 65.4 Å². The Bertz CT molecular complexity index is 931. The predicted octanol–water partition coefficient (Wildman–Crippen LogP) is 1.28. The van der Waals surface area contributed by atoms with Crippen molar-refractivity contribution >= 4 is 28.6 Å². The van der Waals surface area contributed by atoms with Gasteiger partial charge in [0.05, 0.1) is 23.3 Å². The average molecular weight is 539 g/mol. The van der Waals surface area contributed by atoms with E-state index in [4.69, 9.17) is 9.47 Å². The number of ether oxygens (including phenoxy) is 2. The first-order chi connectivity index (χ1) is 15.0. The highest BCUT2D eigenvalue weighted by Crippen LogP contribution is 2.37. The van der Waals surface area contributed by atoms with Crippen molar-refractivity contribution in [3.05, 3.63) is 75.1 Å². The van der Waals surface area contributed by atoms with Crippen LogP contribution in [0.5, 0.6) is 5.75 Å². The Morgan fingerprint density at radius 2 is 1.75 bits per heavy atom. The van der Waals surface area contributed by atoms with Crippen LogP contribution in [0.4, 0.5) is 0 Å². The molecule has 0 amide bonds. The molecular weight excluding hydrogens is 510 g/mol. The summed E-state index contributed by atoms with van der Waals surface area (Å²) >= 11 is 2.73. The van der Waals surface area contributed by atoms with Gasteiger partial charge in [-0.05, 0) is 41.4 Å². The summed E-state index contributed by atoms with van der Waals surface area (Å²) in [6, 6.07) is 17.1. The smallest absolute Gasteiger partial charge is 0.349 e. The van der Waals surface area contributed by atoms with E-state index in [1.165, 1.54) is 22.7 Å². The van der Waals surface area contributed by atoms with Gasteiger partial charge in [-0.25, -0.2) is 4.79 Å². The number of aliphatic hydroxyl groups is 1. The number of likely N-dealkylation sites (N-methyl/N-ethyl adjacent to an activating group) is 1. The maximum absolute atomic E-state index is 13.2. The number of halogens is 1. The standard InChI is InChI=1S/C24H28NO4S2.BrH/c1-25(14-15-28-19-8-3-2-4-9-19)13-5-10-20(18-25)29-23(26)24(27,21-11-6-16-30-21)22-12-7-17-31-22;/h2-4,6-9,11-12,16-17,20,27H,5,10,13-15,18H2,1H3;1H/q+1;/p-1/t20-,25-;/m1./s1. The first kappa shape index (κ1) is 24.9. The van der Waals surface area contributed by atoms with E-state index in [1.807, 2.05) is 53.2 Å². The van der Waals surface area contributed by atoms with E-state index in [1.54, 1.807) is 12.1 Å². The van der Waals surface area contributed by atoms with Crippen LogP contribution in [0.2, 0.25) is 0 Å². The molecule has 2 aromatic heterocycles. The molecule has 1 saturated heterocycles. The molecule has 4 rings (SSSR count). The molecule has 32 heavy (non-hydrogen) atoms. The van der Waals surface area contributed by atoms with Crippen molar-refractivity contribution in [1.82, 2.24) is 0 Å². The predicted molar refractivity (Wildman–Crippen MR) is 123 cm³/mol. The van der Waals surface area contributed by atoms with Gasteiger partial charge >= 0.3 is 5.97 Å². The molecular formula is C24H28BrNO4S2. The molecule has 0 unspecified atom stereocenters. The number of carbonyl (C=O) groups is 1. The summed E-state index contributed by atoms with van der Waals surface area (Å²) in [6.45, 7) is 3.18. The fourth-order valence-electron chi connectivity index (χ4n) is 4.10. The molecule has 0 saturated carbocycles. The molecule has 1 fully saturated rings. The number of hydrogen-bond donors (Lipinski definition) is 1. The van der Waals surface area contributed by atoms with Gasteiger partial charge in [0, 0.05) is 6.42 Å². The fraction of sp³-hybridized carbons (Fsp3) is 0.375. The molecule has 0 spiro atoms. The number of para-hydroxylation sites is 1. The van der Waals surface area contributed by atoms with Crippen LogP contribution in [-0.4, -0.2) is 55.0 Å². The van der Waals surface area contributed by atoms with E-state index in [9.17, 15) is 9.90 Å². The van der Waals surface area contributed by atoms with Gasteiger partial charge in [-0.1, -0.05) is 30.3 Å². The largest absolute Gasteiger partial charge is 1.00 e. The van der Waals surface area contributed by atoms with Gasteiger partial charge in [0.2, 0.25) is 5.60 Å². The van der Waals surface area contributed by atoms with E-state index in [2.05, 4.69) is 7.05 Å². The second-order valence-electron chi connectivity index (χ2n) is 8.25. The van der Waals surface area contributed by atoms with Gasteiger partial charge in [-0.3, -0.25) is 0 Å². The number of benzene rings is 1. The van der Waals surface area contributed by atoms with Crippen LogP contribution in [0.3, 0.4) is 0 Å². The van der Waals surface area contributed by atoms with Crippen molar-refractivity contribution in [1.29, 1.82) is 0 Å². The second kappa shape index (κ2) is 10.9. The molecule has 0 bridgehead atoms. The maximum Gasteiger partial charge on any atom is 0.349 e. The number of carbonyl (C=O) groups excluding carboxylic acids is 1. The van der Waals surface area contributed by atoms with Crippen LogP contribution >= 0.6 is 22.7 Å². The molecule has 3 heterocycles. The highest BCUT2D eigenvalue weighted by atomic mass is 79.9. The summed E-state index contributed by atoms with van der Waals surface area (Å²) in [7, 11) is 2.18. The third kappa shape index (κ3) is 5.61. The average Bonchev–Trinajstić information content (AvgIpc) is 3.49.